The molecule has 5 aromatic rings. The summed E-state index contributed by atoms with van der Waals surface area (Å²) in [5.74, 6) is 0. The van der Waals surface area contributed by atoms with E-state index in [4.69, 9.17) is 0 Å². The molecule has 292 valence electrons. The van der Waals surface area contributed by atoms with E-state index >= 15 is 0 Å². The molecule has 0 saturated heterocycles. The third-order valence-electron chi connectivity index (χ3n) is 11.9. The van der Waals surface area contributed by atoms with Crippen LogP contribution in [0.1, 0.15) is 115 Å². The molecule has 2 unspecified atom stereocenters. The molecule has 0 amide bonds. The van der Waals surface area contributed by atoms with Crippen LogP contribution in [0.2, 0.25) is 3.72 Å². The van der Waals surface area contributed by atoms with Crippen LogP contribution >= 0.6 is 0 Å². The van der Waals surface area contributed by atoms with Gasteiger partial charge in [-0.25, -0.2) is 0 Å². The van der Waals surface area contributed by atoms with Gasteiger partial charge >= 0.3 is 337 Å². The molecule has 0 aliphatic heterocycles. The van der Waals surface area contributed by atoms with E-state index in [9.17, 15) is 0 Å². The van der Waals surface area contributed by atoms with Crippen molar-refractivity contribution >= 4 is 20.3 Å². The summed E-state index contributed by atoms with van der Waals surface area (Å²) in [6, 6.07) is 44.6. The Bertz CT molecular complexity index is 2080. The second kappa shape index (κ2) is 19.0. The Balaban J connectivity index is 0.00000280. The average molecular weight is 854 g/mol. The van der Waals surface area contributed by atoms with E-state index in [2.05, 4.69) is 212 Å². The summed E-state index contributed by atoms with van der Waals surface area (Å²) in [7, 11) is -0.938. The second-order valence-corrected chi connectivity index (χ2v) is 20.8. The normalized spacial score (nSPS) is 16.4. The molecule has 0 aromatic heterocycles. The fourth-order valence-electron chi connectivity index (χ4n) is 8.33. The third kappa shape index (κ3) is 9.80. The maximum Gasteiger partial charge on any atom is -1.00 e. The topological polar surface area (TPSA) is 0 Å². The molecule has 1 aliphatic carbocycles. The van der Waals surface area contributed by atoms with E-state index in [1.165, 1.54) is 83.1 Å². The van der Waals surface area contributed by atoms with Gasteiger partial charge in [-0.1, -0.05) is 0 Å². The van der Waals surface area contributed by atoms with Crippen molar-refractivity contribution in [1.29, 1.82) is 0 Å². The smallest absolute Gasteiger partial charge is 1.00 e. The Hall–Kier alpha value is -2.62. The summed E-state index contributed by atoms with van der Waals surface area (Å²) in [5.41, 5.74) is 20.3. The van der Waals surface area contributed by atoms with E-state index in [1.54, 1.807) is 0 Å². The minimum absolute atomic E-state index is 0. The van der Waals surface area contributed by atoms with Crippen molar-refractivity contribution in [2.24, 2.45) is 0 Å². The largest absolute Gasteiger partial charge is 1.00 e. The maximum absolute atomic E-state index is 2.61. The molecule has 1 aliphatic rings. The molecule has 5 aromatic carbocycles. The molecule has 0 fully saturated rings. The fraction of sp³-hybridized carbons (Fsp3) is 0.333. The van der Waals surface area contributed by atoms with Crippen LogP contribution in [0.4, 0.5) is 0 Å². The van der Waals surface area contributed by atoms with Gasteiger partial charge in [-0.05, 0) is 0 Å². The molecule has 6 rings (SSSR count). The Morgan fingerprint density at radius 3 is 1.39 bits per heavy atom. The van der Waals surface area contributed by atoms with Crippen molar-refractivity contribution in [2.75, 3.05) is 0 Å². The summed E-state index contributed by atoms with van der Waals surface area (Å²) in [4.78, 5) is 0. The molecule has 0 nitrogen and oxygen atoms in total. The van der Waals surface area contributed by atoms with Crippen LogP contribution in [0.3, 0.4) is 0 Å². The maximum atomic E-state index is 2.61. The molecule has 56 heavy (non-hydrogen) atoms. The molecule has 0 N–H and O–H groups in total. The van der Waals surface area contributed by atoms with Crippen LogP contribution in [-0.2, 0) is 44.1 Å². The van der Waals surface area contributed by atoms with E-state index < -0.39 is 9.52 Å². The summed E-state index contributed by atoms with van der Waals surface area (Å²) in [5, 5.41) is 1.52. The number of benzene rings is 5. The van der Waals surface area contributed by atoms with E-state index in [0.717, 1.165) is 12.8 Å². The van der Waals surface area contributed by atoms with Gasteiger partial charge < -0.3 is 37.2 Å². The molecule has 0 heterocycles. The molecule has 0 saturated carbocycles. The Morgan fingerprint density at radius 2 is 0.982 bits per heavy atom. The van der Waals surface area contributed by atoms with Crippen molar-refractivity contribution in [2.45, 2.75) is 109 Å². The van der Waals surface area contributed by atoms with Gasteiger partial charge in [0.25, 0.3) is 0 Å². The van der Waals surface area contributed by atoms with Crippen LogP contribution in [-0.4, -0.2) is 9.52 Å². The van der Waals surface area contributed by atoms with Crippen LogP contribution in [0.25, 0.3) is 27.8 Å². The standard InChI is InChI=1S/C51H59Si.3ClH.Ti/c1-12-36-24-37(13-2)26-43(25-36)49(52-46-30-40(38-20-16-14-17-21-38)27-41(31-46)39-22-18-15-19-23-39)48-35(5)33(3)34(4)47(48)42-28-44(50(6,7)8)32-45(29-42)51(9,10)11;;;;/h14-32,49H,12-13,52H2,1-11H3;3*1H;/q;;;;+3/p-3. The Labute approximate surface area is 371 Å². The molecule has 2 atom stereocenters. The fourth-order valence-corrected chi connectivity index (χ4v) is 12.3. The second-order valence-electron chi connectivity index (χ2n) is 17.6. The molecular weight excluding hydrogens is 795 g/mol. The zero-order valence-electron chi connectivity index (χ0n) is 35.3. The zero-order valence-corrected chi connectivity index (χ0v) is 40.5. The van der Waals surface area contributed by atoms with E-state index in [0.29, 0.717) is 5.54 Å². The van der Waals surface area contributed by atoms with E-state index in [-0.39, 0.29) is 51.8 Å². The van der Waals surface area contributed by atoms with Gasteiger partial charge in [-0.3, -0.25) is 0 Å². The monoisotopic (exact) mass is 852 g/mol. The number of hydrogen-bond donors (Lipinski definition) is 0. The number of rotatable bonds is 9. The van der Waals surface area contributed by atoms with Crippen LogP contribution < -0.4 is 42.4 Å². The molecule has 0 bridgehead atoms. The van der Waals surface area contributed by atoms with Crippen LogP contribution in [0, 0.1) is 0 Å². The first-order chi connectivity index (χ1) is 25.0. The SMILES string of the molecule is CCc1cc(CC)cc(C([SiH2]c2cc(-c3ccccc3)cc(-c3ccccc3)c2)[C]2([Ti+3])C(C)=C(C)C(C)=C2c2cc(C(C)(C)C)cc(C(C)(C)C)c2)c1.[Cl-].[Cl-].[Cl-]. The van der Waals surface area contributed by atoms with Crippen molar-refractivity contribution in [1.82, 2.24) is 0 Å². The number of halogens is 3. The van der Waals surface area contributed by atoms with Crippen molar-refractivity contribution in [3.05, 3.63) is 165 Å². The molecule has 0 spiro atoms. The summed E-state index contributed by atoms with van der Waals surface area (Å²) >= 11 is 2.61. The molecule has 0 radical (unpaired) electrons. The minimum Gasteiger partial charge on any atom is -1.00 e. The first kappa shape index (κ1) is 47.8. The van der Waals surface area contributed by atoms with Gasteiger partial charge in [0.2, 0.25) is 0 Å². The predicted molar refractivity (Wildman–Crippen MR) is 231 cm³/mol. The van der Waals surface area contributed by atoms with Crippen molar-refractivity contribution in [3.63, 3.8) is 0 Å². The number of allylic oxidation sites excluding steroid dienone is 4. The average Bonchev–Trinajstić information content (AvgIpc) is 3.32. The summed E-state index contributed by atoms with van der Waals surface area (Å²) < 4.78 is -0.168. The Kier molecular flexibility index (Phi) is 16.2. The van der Waals surface area contributed by atoms with Gasteiger partial charge in [-0.15, -0.1) is 0 Å². The van der Waals surface area contributed by atoms with Gasteiger partial charge in [0.1, 0.15) is 0 Å². The summed E-state index contributed by atoms with van der Waals surface area (Å²) in [6.45, 7) is 26.1. The zero-order chi connectivity index (χ0) is 38.3. The van der Waals surface area contributed by atoms with E-state index in [1.807, 2.05) is 0 Å². The first-order valence-electron chi connectivity index (χ1n) is 19.7. The number of hydrogen-bond acceptors (Lipinski definition) is 0. The number of aryl methyl sites for hydroxylation is 2. The molecule has 5 heteroatoms. The van der Waals surface area contributed by atoms with Crippen LogP contribution in [0.5, 0.6) is 0 Å². The minimum atomic E-state index is -0.938. The van der Waals surface area contributed by atoms with Crippen LogP contribution in [0.15, 0.2) is 132 Å². The van der Waals surface area contributed by atoms with Gasteiger partial charge in [-0.2, -0.15) is 0 Å². The van der Waals surface area contributed by atoms with Gasteiger partial charge in [0.05, 0.1) is 0 Å². The summed E-state index contributed by atoms with van der Waals surface area (Å²) in [6.07, 6.45) is 2.09. The quantitative estimate of drug-likeness (QED) is 0.198. The third-order valence-corrected chi connectivity index (χ3v) is 16.4. The first-order valence-corrected chi connectivity index (χ1v) is 22.0. The van der Waals surface area contributed by atoms with Crippen molar-refractivity contribution < 1.29 is 57.7 Å². The molecular formula is C51H59Cl3SiTi. The van der Waals surface area contributed by atoms with Crippen molar-refractivity contribution in [3.8, 4) is 22.3 Å². The Morgan fingerprint density at radius 1 is 0.536 bits per heavy atom. The van der Waals surface area contributed by atoms with Gasteiger partial charge in [0.15, 0.2) is 0 Å². The van der Waals surface area contributed by atoms with Gasteiger partial charge in [0, 0.05) is 0 Å². The predicted octanol–water partition coefficient (Wildman–Crippen LogP) is 3.82.